The third-order valence-electron chi connectivity index (χ3n) is 4.94. The molecule has 1 aliphatic carbocycles. The fraction of sp³-hybridized carbons (Fsp3) is 0.632. The van der Waals surface area contributed by atoms with Crippen molar-refractivity contribution in [3.05, 3.63) is 30.3 Å². The van der Waals surface area contributed by atoms with Gasteiger partial charge < -0.3 is 9.47 Å². The Balaban J connectivity index is 1.57. The molecule has 4 nitrogen and oxygen atoms in total. The Bertz CT molecular complexity index is 511. The van der Waals surface area contributed by atoms with Crippen LogP contribution in [0, 0.1) is 5.92 Å². The number of hydrogen-bond acceptors (Lipinski definition) is 5. The number of methoxy groups -OCH3 is 1. The molecular formula is C19H27NO3S. The summed E-state index contributed by atoms with van der Waals surface area (Å²) in [6, 6.07) is 10.5. The van der Waals surface area contributed by atoms with Gasteiger partial charge in [-0.3, -0.25) is 9.69 Å². The Hall–Kier alpha value is -1.04. The van der Waals surface area contributed by atoms with Crippen LogP contribution in [-0.4, -0.2) is 42.7 Å². The number of rotatable bonds is 6. The average Bonchev–Trinajstić information content (AvgIpc) is 3.17. The van der Waals surface area contributed by atoms with E-state index >= 15 is 0 Å². The van der Waals surface area contributed by atoms with Gasteiger partial charge in [0.1, 0.15) is 0 Å². The van der Waals surface area contributed by atoms with Crippen molar-refractivity contribution in [2.45, 2.75) is 55.1 Å². The highest BCUT2D eigenvalue weighted by Crippen LogP contribution is 2.34. The van der Waals surface area contributed by atoms with E-state index in [0.717, 1.165) is 38.8 Å². The number of carbonyl (C=O) groups is 1. The van der Waals surface area contributed by atoms with E-state index in [9.17, 15) is 4.79 Å². The number of ether oxygens (including phenoxy) is 2. The summed E-state index contributed by atoms with van der Waals surface area (Å²) >= 11 is 1.80. The highest BCUT2D eigenvalue weighted by Gasteiger charge is 2.31. The molecule has 0 N–H and O–H groups in total. The minimum atomic E-state index is -0.0665. The predicted octanol–water partition coefficient (Wildman–Crippen LogP) is 3.91. The van der Waals surface area contributed by atoms with E-state index in [2.05, 4.69) is 29.2 Å². The maximum atomic E-state index is 11.7. The van der Waals surface area contributed by atoms with Crippen LogP contribution in [0.5, 0.6) is 0 Å². The van der Waals surface area contributed by atoms with Crippen molar-refractivity contribution in [2.24, 2.45) is 5.92 Å². The Morgan fingerprint density at radius 3 is 2.42 bits per heavy atom. The number of likely N-dealkylation sites (tertiary alicyclic amines) is 1. The second-order valence-corrected chi connectivity index (χ2v) is 7.72. The topological polar surface area (TPSA) is 38.8 Å². The fourth-order valence-electron chi connectivity index (χ4n) is 3.52. The molecule has 1 unspecified atom stereocenters. The molecule has 0 aromatic heterocycles. The second kappa shape index (κ2) is 8.88. The Kier molecular flexibility index (Phi) is 6.58. The lowest BCUT2D eigenvalue weighted by molar-refractivity contribution is -0.148. The standard InChI is InChI=1S/C19H27NO3S/c1-22-18(21)15-9-11-16(12-10-15)23-19(20-13-5-6-14-20)24-17-7-3-2-4-8-17/h2-4,7-8,15-16,19H,5-6,9-14H2,1H3/t15-,16-,19?. The zero-order valence-corrected chi connectivity index (χ0v) is 15.2. The predicted molar refractivity (Wildman–Crippen MR) is 95.7 cm³/mol. The third kappa shape index (κ3) is 4.74. The highest BCUT2D eigenvalue weighted by atomic mass is 32.2. The lowest BCUT2D eigenvalue weighted by Gasteiger charge is -2.34. The first kappa shape index (κ1) is 17.8. The quantitative estimate of drug-likeness (QED) is 0.442. The van der Waals surface area contributed by atoms with Gasteiger partial charge in [-0.05, 0) is 50.7 Å². The maximum absolute atomic E-state index is 11.7. The van der Waals surface area contributed by atoms with Gasteiger partial charge in [0.25, 0.3) is 0 Å². The number of carbonyl (C=O) groups excluding carboxylic acids is 1. The summed E-state index contributed by atoms with van der Waals surface area (Å²) in [6.07, 6.45) is 6.39. The first-order chi connectivity index (χ1) is 11.8. The van der Waals surface area contributed by atoms with Crippen molar-refractivity contribution in [2.75, 3.05) is 20.2 Å². The van der Waals surface area contributed by atoms with Crippen LogP contribution in [0.1, 0.15) is 38.5 Å². The minimum absolute atomic E-state index is 0.0573. The summed E-state index contributed by atoms with van der Waals surface area (Å²) in [6.45, 7) is 2.23. The summed E-state index contributed by atoms with van der Waals surface area (Å²) < 4.78 is 11.4. The first-order valence-corrected chi connectivity index (χ1v) is 9.83. The zero-order chi connectivity index (χ0) is 16.8. The van der Waals surface area contributed by atoms with E-state index < -0.39 is 0 Å². The summed E-state index contributed by atoms with van der Waals surface area (Å²) in [7, 11) is 1.48. The minimum Gasteiger partial charge on any atom is -0.469 e. The molecule has 1 aromatic carbocycles. The van der Waals surface area contributed by atoms with Crippen LogP contribution in [0.4, 0.5) is 0 Å². The van der Waals surface area contributed by atoms with Gasteiger partial charge in [-0.1, -0.05) is 30.0 Å². The lowest BCUT2D eigenvalue weighted by atomic mass is 9.87. The van der Waals surface area contributed by atoms with E-state index in [1.165, 1.54) is 24.8 Å². The van der Waals surface area contributed by atoms with Crippen LogP contribution >= 0.6 is 11.8 Å². The Morgan fingerprint density at radius 2 is 1.79 bits per heavy atom. The fourth-order valence-corrected chi connectivity index (χ4v) is 4.64. The molecule has 2 aliphatic rings. The molecule has 1 atom stereocenters. The molecule has 1 saturated carbocycles. The number of hydrogen-bond donors (Lipinski definition) is 0. The molecule has 132 valence electrons. The molecular weight excluding hydrogens is 322 g/mol. The van der Waals surface area contributed by atoms with E-state index in [4.69, 9.17) is 9.47 Å². The molecule has 1 aliphatic heterocycles. The van der Waals surface area contributed by atoms with Gasteiger partial charge >= 0.3 is 5.97 Å². The largest absolute Gasteiger partial charge is 0.469 e. The molecule has 0 radical (unpaired) electrons. The van der Waals surface area contributed by atoms with Gasteiger partial charge in [0.15, 0.2) is 5.56 Å². The van der Waals surface area contributed by atoms with Crippen LogP contribution in [0.15, 0.2) is 35.2 Å². The molecule has 1 saturated heterocycles. The highest BCUT2D eigenvalue weighted by molar-refractivity contribution is 7.99. The van der Waals surface area contributed by atoms with Crippen LogP contribution in [0.2, 0.25) is 0 Å². The van der Waals surface area contributed by atoms with Crippen molar-refractivity contribution in [1.82, 2.24) is 4.90 Å². The zero-order valence-electron chi connectivity index (χ0n) is 14.4. The van der Waals surface area contributed by atoms with E-state index in [1.807, 2.05) is 6.07 Å². The van der Waals surface area contributed by atoms with Crippen LogP contribution < -0.4 is 0 Å². The lowest BCUT2D eigenvalue weighted by Crippen LogP contribution is -2.37. The van der Waals surface area contributed by atoms with E-state index in [1.54, 1.807) is 11.8 Å². The van der Waals surface area contributed by atoms with Gasteiger partial charge in [-0.2, -0.15) is 0 Å². The first-order valence-electron chi connectivity index (χ1n) is 8.95. The van der Waals surface area contributed by atoms with Gasteiger partial charge in [0.2, 0.25) is 0 Å². The normalized spacial score (nSPS) is 26.2. The molecule has 3 rings (SSSR count). The van der Waals surface area contributed by atoms with Gasteiger partial charge in [0, 0.05) is 18.0 Å². The molecule has 1 heterocycles. The molecule has 0 spiro atoms. The molecule has 24 heavy (non-hydrogen) atoms. The van der Waals surface area contributed by atoms with Gasteiger partial charge in [0.05, 0.1) is 19.1 Å². The Morgan fingerprint density at radius 1 is 1.12 bits per heavy atom. The monoisotopic (exact) mass is 349 g/mol. The third-order valence-corrected chi connectivity index (χ3v) is 6.09. The van der Waals surface area contributed by atoms with Crippen LogP contribution in [0.3, 0.4) is 0 Å². The number of nitrogens with zero attached hydrogens (tertiary/aromatic N) is 1. The number of benzene rings is 1. The van der Waals surface area contributed by atoms with Crippen molar-refractivity contribution in [1.29, 1.82) is 0 Å². The van der Waals surface area contributed by atoms with Gasteiger partial charge in [-0.15, -0.1) is 0 Å². The molecule has 1 aromatic rings. The number of esters is 1. The second-order valence-electron chi connectivity index (χ2n) is 6.61. The van der Waals surface area contributed by atoms with Crippen LogP contribution in [0.25, 0.3) is 0 Å². The summed E-state index contributed by atoms with van der Waals surface area (Å²) in [5.41, 5.74) is 0.0783. The Labute approximate surface area is 148 Å². The van der Waals surface area contributed by atoms with Crippen molar-refractivity contribution < 1.29 is 14.3 Å². The van der Waals surface area contributed by atoms with Crippen molar-refractivity contribution in [3.8, 4) is 0 Å². The molecule has 5 heteroatoms. The van der Waals surface area contributed by atoms with E-state index in [-0.39, 0.29) is 23.6 Å². The van der Waals surface area contributed by atoms with Crippen LogP contribution in [-0.2, 0) is 14.3 Å². The van der Waals surface area contributed by atoms with Crippen molar-refractivity contribution >= 4 is 17.7 Å². The maximum Gasteiger partial charge on any atom is 0.308 e. The summed E-state index contributed by atoms with van der Waals surface area (Å²) in [5.74, 6) is -0.00920. The van der Waals surface area contributed by atoms with E-state index in [0.29, 0.717) is 0 Å². The SMILES string of the molecule is COC(=O)[C@H]1CC[C@H](OC(Sc2ccccc2)N2CCCC2)CC1. The number of thioether (sulfide) groups is 1. The molecule has 0 amide bonds. The summed E-state index contributed by atoms with van der Waals surface area (Å²) in [5, 5.41) is 0. The summed E-state index contributed by atoms with van der Waals surface area (Å²) in [4.78, 5) is 15.4. The van der Waals surface area contributed by atoms with Gasteiger partial charge in [-0.25, -0.2) is 0 Å². The molecule has 2 fully saturated rings. The average molecular weight is 349 g/mol. The van der Waals surface area contributed by atoms with Crippen molar-refractivity contribution in [3.63, 3.8) is 0 Å². The molecule has 0 bridgehead atoms. The smallest absolute Gasteiger partial charge is 0.308 e.